The van der Waals surface area contributed by atoms with Gasteiger partial charge in [-0.1, -0.05) is 26.0 Å². The van der Waals surface area contributed by atoms with Gasteiger partial charge in [-0.3, -0.25) is 19.2 Å². The Morgan fingerprint density at radius 1 is 1.08 bits per heavy atom. The number of amides is 3. The minimum Gasteiger partial charge on any atom is -0.484 e. The van der Waals surface area contributed by atoms with Gasteiger partial charge in [0.25, 0.3) is 5.91 Å². The molecule has 2 aliphatic rings. The SMILES string of the molecule is CCOC(=O)C1(CCOC)CNC(=O)CCCN(C(=O)CC(C)C)CCCNC(=O)COc2ccc(cc2)C1. The number of esters is 1. The largest absolute Gasteiger partial charge is 0.484 e. The summed E-state index contributed by atoms with van der Waals surface area (Å²) in [5, 5.41) is 5.77. The fraction of sp³-hybridized carbons (Fsp3) is 0.655. The van der Waals surface area contributed by atoms with E-state index in [-0.39, 0.29) is 49.8 Å². The summed E-state index contributed by atoms with van der Waals surface area (Å²) >= 11 is 0. The summed E-state index contributed by atoms with van der Waals surface area (Å²) in [5.41, 5.74) is -0.164. The molecule has 218 valence electrons. The van der Waals surface area contributed by atoms with Crippen molar-refractivity contribution in [2.45, 2.75) is 59.3 Å². The summed E-state index contributed by atoms with van der Waals surface area (Å²) in [7, 11) is 1.57. The van der Waals surface area contributed by atoms with E-state index in [0.29, 0.717) is 64.1 Å². The Bertz CT molecular complexity index is 935. The molecule has 0 saturated carbocycles. The van der Waals surface area contributed by atoms with Gasteiger partial charge in [0.1, 0.15) is 5.75 Å². The monoisotopic (exact) mass is 547 g/mol. The first-order valence-corrected chi connectivity index (χ1v) is 13.9. The second-order valence-electron chi connectivity index (χ2n) is 10.4. The minimum absolute atomic E-state index is 0.0335. The molecule has 3 rings (SSSR count). The number of carbonyl (C=O) groups excluding carboxylic acids is 4. The van der Waals surface area contributed by atoms with Crippen LogP contribution in [0.5, 0.6) is 5.75 Å². The molecule has 3 amide bonds. The molecule has 1 atom stereocenters. The number of nitrogens with one attached hydrogen (secondary N) is 2. The average Bonchev–Trinajstić information content (AvgIpc) is 2.90. The summed E-state index contributed by atoms with van der Waals surface area (Å²) in [6.07, 6.45) is 2.41. The summed E-state index contributed by atoms with van der Waals surface area (Å²) < 4.78 is 16.4. The number of fused-ring (bicyclic) bond motifs is 17. The van der Waals surface area contributed by atoms with Gasteiger partial charge in [-0.2, -0.15) is 0 Å². The van der Waals surface area contributed by atoms with Crippen molar-refractivity contribution in [2.24, 2.45) is 11.3 Å². The number of rotatable bonds is 7. The van der Waals surface area contributed by atoms with E-state index in [1.54, 1.807) is 31.1 Å². The third kappa shape index (κ3) is 11.2. The van der Waals surface area contributed by atoms with Crippen LogP contribution in [0.4, 0.5) is 0 Å². The molecule has 10 nitrogen and oxygen atoms in total. The molecule has 0 aromatic heterocycles. The molecule has 0 saturated heterocycles. The van der Waals surface area contributed by atoms with Gasteiger partial charge in [0.15, 0.2) is 6.61 Å². The predicted molar refractivity (Wildman–Crippen MR) is 147 cm³/mol. The molecule has 1 aromatic rings. The lowest BCUT2D eigenvalue weighted by molar-refractivity contribution is -0.156. The van der Waals surface area contributed by atoms with E-state index in [9.17, 15) is 19.2 Å². The molecule has 1 aromatic carbocycles. The van der Waals surface area contributed by atoms with Gasteiger partial charge in [-0.25, -0.2) is 0 Å². The van der Waals surface area contributed by atoms with Crippen molar-refractivity contribution < 1.29 is 33.4 Å². The molecule has 1 unspecified atom stereocenters. The van der Waals surface area contributed by atoms with Crippen LogP contribution in [-0.4, -0.2) is 81.7 Å². The molecular weight excluding hydrogens is 502 g/mol. The Morgan fingerprint density at radius 3 is 2.46 bits per heavy atom. The maximum atomic E-state index is 13.2. The molecule has 39 heavy (non-hydrogen) atoms. The van der Waals surface area contributed by atoms with Crippen molar-refractivity contribution >= 4 is 23.7 Å². The Kier molecular flexibility index (Phi) is 13.8. The van der Waals surface area contributed by atoms with Gasteiger partial charge in [0.05, 0.1) is 12.0 Å². The first-order chi connectivity index (χ1) is 18.7. The molecule has 2 aliphatic heterocycles. The molecule has 10 heteroatoms. The van der Waals surface area contributed by atoms with Crippen molar-refractivity contribution in [3.8, 4) is 5.75 Å². The van der Waals surface area contributed by atoms with Crippen molar-refractivity contribution in [1.82, 2.24) is 15.5 Å². The van der Waals surface area contributed by atoms with Crippen LogP contribution < -0.4 is 15.4 Å². The molecule has 0 radical (unpaired) electrons. The highest BCUT2D eigenvalue weighted by atomic mass is 16.5. The van der Waals surface area contributed by atoms with Crippen molar-refractivity contribution in [1.29, 1.82) is 0 Å². The number of nitrogens with zero attached hydrogens (tertiary/aromatic N) is 1. The molecule has 2 heterocycles. The van der Waals surface area contributed by atoms with Crippen molar-refractivity contribution in [3.63, 3.8) is 0 Å². The van der Waals surface area contributed by atoms with Crippen LogP contribution in [0, 0.1) is 11.3 Å². The van der Waals surface area contributed by atoms with Gasteiger partial charge in [-0.05, 0) is 56.2 Å². The van der Waals surface area contributed by atoms with Crippen LogP contribution in [0.25, 0.3) is 0 Å². The zero-order chi connectivity index (χ0) is 28.7. The Labute approximate surface area is 232 Å². The van der Waals surface area contributed by atoms with Crippen LogP contribution in [0.1, 0.15) is 58.4 Å². The van der Waals surface area contributed by atoms with Crippen molar-refractivity contribution in [3.05, 3.63) is 29.8 Å². The zero-order valence-electron chi connectivity index (χ0n) is 23.9. The van der Waals surface area contributed by atoms with Crippen LogP contribution in [0.15, 0.2) is 24.3 Å². The Hall–Kier alpha value is -3.14. The highest BCUT2D eigenvalue weighted by Crippen LogP contribution is 2.30. The molecule has 0 spiro atoms. The topological polar surface area (TPSA) is 123 Å². The number of methoxy groups -OCH3 is 1. The number of hydrogen-bond donors (Lipinski definition) is 2. The smallest absolute Gasteiger partial charge is 0.314 e. The molecule has 0 aliphatic carbocycles. The lowest BCUT2D eigenvalue weighted by atomic mass is 9.78. The normalized spacial score (nSPS) is 20.1. The van der Waals surface area contributed by atoms with E-state index in [1.165, 1.54) is 0 Å². The predicted octanol–water partition coefficient (Wildman–Crippen LogP) is 2.48. The summed E-state index contributed by atoms with van der Waals surface area (Å²) in [6.45, 7) is 7.59. The van der Waals surface area contributed by atoms with Crippen LogP contribution >= 0.6 is 0 Å². The highest BCUT2D eigenvalue weighted by Gasteiger charge is 2.40. The van der Waals surface area contributed by atoms with E-state index in [1.807, 2.05) is 26.0 Å². The number of ether oxygens (including phenoxy) is 3. The highest BCUT2D eigenvalue weighted by molar-refractivity contribution is 5.81. The van der Waals surface area contributed by atoms with Crippen LogP contribution in [0.3, 0.4) is 0 Å². The van der Waals surface area contributed by atoms with E-state index in [4.69, 9.17) is 14.2 Å². The van der Waals surface area contributed by atoms with Crippen LogP contribution in [-0.2, 0) is 35.1 Å². The summed E-state index contributed by atoms with van der Waals surface area (Å²) in [4.78, 5) is 52.9. The van der Waals surface area contributed by atoms with Crippen molar-refractivity contribution in [2.75, 3.05) is 53.1 Å². The first-order valence-electron chi connectivity index (χ1n) is 13.9. The molecular formula is C29H45N3O7. The fourth-order valence-electron chi connectivity index (χ4n) is 4.49. The third-order valence-electron chi connectivity index (χ3n) is 6.65. The zero-order valence-corrected chi connectivity index (χ0v) is 23.9. The Balaban J connectivity index is 2.27. The summed E-state index contributed by atoms with van der Waals surface area (Å²) in [6, 6.07) is 7.20. The number of benzene rings is 1. The van der Waals surface area contributed by atoms with E-state index >= 15 is 0 Å². The minimum atomic E-state index is -1.02. The average molecular weight is 548 g/mol. The third-order valence-corrected chi connectivity index (χ3v) is 6.65. The number of hydrogen-bond acceptors (Lipinski definition) is 7. The van der Waals surface area contributed by atoms with Gasteiger partial charge < -0.3 is 29.7 Å². The van der Waals surface area contributed by atoms with E-state index in [2.05, 4.69) is 10.6 Å². The van der Waals surface area contributed by atoms with Gasteiger partial charge in [0, 0.05) is 52.7 Å². The first kappa shape index (κ1) is 32.1. The van der Waals surface area contributed by atoms with Crippen LogP contribution in [0.2, 0.25) is 0 Å². The summed E-state index contributed by atoms with van der Waals surface area (Å²) in [5.74, 6) is -0.0526. The quantitative estimate of drug-likeness (QED) is 0.503. The van der Waals surface area contributed by atoms with E-state index < -0.39 is 11.4 Å². The van der Waals surface area contributed by atoms with Gasteiger partial charge >= 0.3 is 5.97 Å². The molecule has 2 N–H and O–H groups in total. The lowest BCUT2D eigenvalue weighted by Crippen LogP contribution is -2.46. The maximum absolute atomic E-state index is 13.2. The van der Waals surface area contributed by atoms with Gasteiger partial charge in [-0.15, -0.1) is 0 Å². The second-order valence-corrected chi connectivity index (χ2v) is 10.4. The second kappa shape index (κ2) is 16.7. The lowest BCUT2D eigenvalue weighted by Gasteiger charge is -2.32. The fourth-order valence-corrected chi connectivity index (χ4v) is 4.49. The number of carbonyl (C=O) groups is 4. The maximum Gasteiger partial charge on any atom is 0.314 e. The Morgan fingerprint density at radius 2 is 1.79 bits per heavy atom. The van der Waals surface area contributed by atoms with E-state index in [0.717, 1.165) is 5.56 Å². The molecule has 0 fully saturated rings. The molecule has 2 bridgehead atoms. The van der Waals surface area contributed by atoms with Gasteiger partial charge in [0.2, 0.25) is 11.8 Å². The standard InChI is InChI=1S/C29H45N3O7/c1-5-38-28(36)29(13-17-37-4)19-23-9-11-24(12-10-23)39-20-26(34)30-14-7-16-32(27(35)18-22(2)3)15-6-8-25(33)31-21-29/h9-12,22H,5-8,13-21H2,1-4H3,(H,30,34)(H,31,33).